The van der Waals surface area contributed by atoms with E-state index in [2.05, 4.69) is 79.3 Å². The highest BCUT2D eigenvalue weighted by atomic mass is 79.9. The molecule has 2 aromatic rings. The molecular weight excluding hydrogens is 896 g/mol. The largest absolute Gasteiger partial charge is 0.461 e. The zero-order chi connectivity index (χ0) is 45.7. The van der Waals surface area contributed by atoms with Gasteiger partial charge in [-0.05, 0) is 151 Å². The molecular formula is C46H74Br2N4O8. The van der Waals surface area contributed by atoms with Crippen LogP contribution in [0.4, 0.5) is 11.4 Å². The number of ether oxygens (including phenoxy) is 4. The van der Waals surface area contributed by atoms with Crippen molar-refractivity contribution in [2.24, 2.45) is 10.8 Å². The van der Waals surface area contributed by atoms with Crippen molar-refractivity contribution >= 4 is 55.2 Å². The van der Waals surface area contributed by atoms with Gasteiger partial charge in [-0.2, -0.15) is 0 Å². The Bertz CT molecular complexity index is 1760. The van der Waals surface area contributed by atoms with Crippen LogP contribution in [0.3, 0.4) is 0 Å². The van der Waals surface area contributed by atoms with Crippen molar-refractivity contribution in [3.05, 3.63) is 42.8 Å². The number of aromatic nitrogens is 2. The lowest BCUT2D eigenvalue weighted by molar-refractivity contribution is -0.171. The third kappa shape index (κ3) is 14.3. The lowest BCUT2D eigenvalue weighted by Gasteiger charge is -2.40. The number of aliphatic hydroxyl groups excluding tert-OH is 2. The zero-order valence-corrected chi connectivity index (χ0v) is 42.4. The molecule has 2 N–H and O–H groups in total. The Morgan fingerprint density at radius 2 is 0.983 bits per heavy atom. The van der Waals surface area contributed by atoms with Gasteiger partial charge < -0.3 is 39.0 Å². The van der Waals surface area contributed by atoms with Crippen molar-refractivity contribution in [2.75, 3.05) is 36.0 Å². The van der Waals surface area contributed by atoms with Crippen LogP contribution in [0.15, 0.2) is 8.95 Å². The first-order valence-corrected chi connectivity index (χ1v) is 23.0. The summed E-state index contributed by atoms with van der Waals surface area (Å²) in [6.07, 6.45) is 1.73. The van der Waals surface area contributed by atoms with Gasteiger partial charge >= 0.3 is 11.9 Å². The van der Waals surface area contributed by atoms with E-state index in [1.165, 1.54) is 0 Å². The number of nitrogens with zero attached hydrogens (tertiary/aromatic N) is 4. The molecule has 0 saturated carbocycles. The second-order valence-electron chi connectivity index (χ2n) is 20.3. The highest BCUT2D eigenvalue weighted by Gasteiger charge is 2.39. The van der Waals surface area contributed by atoms with E-state index in [-0.39, 0.29) is 36.3 Å². The van der Waals surface area contributed by atoms with E-state index in [1.807, 2.05) is 83.1 Å². The molecule has 0 aromatic carbocycles. The normalized spacial score (nSPS) is 17.9. The first-order valence-electron chi connectivity index (χ1n) is 21.4. The Hall–Kier alpha value is -2.36. The summed E-state index contributed by atoms with van der Waals surface area (Å²) < 4.78 is 25.1. The van der Waals surface area contributed by atoms with Gasteiger partial charge in [0.25, 0.3) is 0 Å². The Labute approximate surface area is 377 Å². The number of carbonyl (C=O) groups is 2. The molecule has 0 bridgehead atoms. The second kappa shape index (κ2) is 20.9. The molecule has 0 unspecified atom stereocenters. The molecule has 2 fully saturated rings. The van der Waals surface area contributed by atoms with Crippen LogP contribution in [0, 0.1) is 24.7 Å². The summed E-state index contributed by atoms with van der Waals surface area (Å²) in [7, 11) is 0. The maximum absolute atomic E-state index is 13.1. The van der Waals surface area contributed by atoms with E-state index >= 15 is 0 Å². The molecule has 4 rings (SSSR count). The number of esters is 2. The first-order chi connectivity index (χ1) is 27.5. The van der Waals surface area contributed by atoms with Crippen molar-refractivity contribution < 1.29 is 38.7 Å². The van der Waals surface area contributed by atoms with Gasteiger partial charge in [-0.15, -0.1) is 0 Å². The zero-order valence-electron chi connectivity index (χ0n) is 39.3. The molecule has 2 saturated heterocycles. The molecule has 2 aromatic heterocycles. The first kappa shape index (κ1) is 52.0. The summed E-state index contributed by atoms with van der Waals surface area (Å²) in [5.41, 5.74) is 4.90. The van der Waals surface area contributed by atoms with E-state index in [0.717, 1.165) is 73.4 Å². The average molecular weight is 971 g/mol. The average Bonchev–Trinajstić information content (AvgIpc) is 3.10. The van der Waals surface area contributed by atoms with Crippen molar-refractivity contribution in [1.82, 2.24) is 9.97 Å². The van der Waals surface area contributed by atoms with Crippen LogP contribution >= 0.6 is 31.9 Å². The van der Waals surface area contributed by atoms with Crippen LogP contribution in [0.1, 0.15) is 169 Å². The molecule has 0 amide bonds. The van der Waals surface area contributed by atoms with Crippen LogP contribution in [0.25, 0.3) is 0 Å². The van der Waals surface area contributed by atoms with Crippen molar-refractivity contribution in [1.29, 1.82) is 0 Å². The molecule has 2 aliphatic heterocycles. The summed E-state index contributed by atoms with van der Waals surface area (Å²) in [5.74, 6) is -0.891. The van der Waals surface area contributed by atoms with Crippen LogP contribution in [0.2, 0.25) is 0 Å². The van der Waals surface area contributed by atoms with Crippen molar-refractivity contribution in [2.45, 2.75) is 185 Å². The van der Waals surface area contributed by atoms with E-state index in [1.54, 1.807) is 0 Å². The van der Waals surface area contributed by atoms with E-state index in [9.17, 15) is 19.8 Å². The minimum Gasteiger partial charge on any atom is -0.461 e. The topological polar surface area (TPSA) is 144 Å². The number of carbonyl (C=O) groups excluding carboxylic acids is 2. The van der Waals surface area contributed by atoms with Crippen LogP contribution in [-0.4, -0.2) is 81.7 Å². The third-order valence-electron chi connectivity index (χ3n) is 10.6. The fraction of sp³-hybridized carbons (Fsp3) is 0.739. The Kier molecular flexibility index (Phi) is 18.1. The van der Waals surface area contributed by atoms with Gasteiger partial charge in [0, 0.05) is 43.0 Å². The molecule has 12 nitrogen and oxygen atoms in total. The number of hydrogen-bond donors (Lipinski definition) is 2. The summed E-state index contributed by atoms with van der Waals surface area (Å²) in [6, 6.07) is 0. The van der Waals surface area contributed by atoms with Crippen molar-refractivity contribution in [3.63, 3.8) is 0 Å². The Morgan fingerprint density at radius 1 is 0.633 bits per heavy atom. The number of aryl methyl sites for hydroxylation is 2. The highest BCUT2D eigenvalue weighted by Crippen LogP contribution is 2.45. The fourth-order valence-electron chi connectivity index (χ4n) is 7.33. The van der Waals surface area contributed by atoms with Gasteiger partial charge in [0.15, 0.2) is 12.2 Å². The molecule has 4 heterocycles. The van der Waals surface area contributed by atoms with Crippen LogP contribution < -0.4 is 9.80 Å². The maximum Gasteiger partial charge on any atom is 0.340 e. The molecule has 340 valence electrons. The third-order valence-corrected chi connectivity index (χ3v) is 12.4. The molecule has 0 aliphatic carbocycles. The quantitative estimate of drug-likeness (QED) is 0.196. The van der Waals surface area contributed by atoms with Gasteiger partial charge in [0.1, 0.15) is 0 Å². The molecule has 14 heteroatoms. The van der Waals surface area contributed by atoms with Crippen LogP contribution in [-0.2, 0) is 41.8 Å². The Morgan fingerprint density at radius 3 is 1.33 bits per heavy atom. The smallest absolute Gasteiger partial charge is 0.340 e. The minimum atomic E-state index is -0.983. The number of pyridine rings is 2. The van der Waals surface area contributed by atoms with Gasteiger partial charge in [-0.3, -0.25) is 9.97 Å². The SMILES string of the molecule is Cc1nc(CO)c(Br)c(N2CCC(C)(C)CC2)c1[C@H](OC(C)(C)C)C(=O)OC(C)C.Cc1nc(CO)c([C@H](OC(C)(C)C)C(=O)OC(C)C)c(N2CCC(C)(C)CC2)c1Br. The number of rotatable bonds is 12. The predicted octanol–water partition coefficient (Wildman–Crippen LogP) is 10.2. The molecule has 0 radical (unpaired) electrons. The standard InChI is InChI=1S/2C23H37BrN2O4/c1-14(2)29-21(28)20(30-22(4,5)6)17-16(13-27)25-15(3)18(24)19(17)26-11-9-23(7,8)10-12-26;1-14(2)29-21(28)20(30-22(4,5)6)17-15(3)25-16(13-27)18(24)19(17)26-11-9-23(7,8)10-12-26/h2*14,20,27H,9-13H2,1-8H3/t2*20-/m00/s1. The predicted molar refractivity (Wildman–Crippen MR) is 245 cm³/mol. The summed E-state index contributed by atoms with van der Waals surface area (Å²) in [6.45, 7) is 34.6. The highest BCUT2D eigenvalue weighted by molar-refractivity contribution is 9.11. The number of hydrogen-bond acceptors (Lipinski definition) is 12. The van der Waals surface area contributed by atoms with Crippen LogP contribution in [0.5, 0.6) is 0 Å². The van der Waals surface area contributed by atoms with E-state index < -0.39 is 35.3 Å². The number of piperidine rings is 2. The molecule has 0 spiro atoms. The lowest BCUT2D eigenvalue weighted by Crippen LogP contribution is -2.39. The van der Waals surface area contributed by atoms with E-state index in [4.69, 9.17) is 18.9 Å². The van der Waals surface area contributed by atoms with Gasteiger partial charge in [0.05, 0.1) is 74.0 Å². The molecule has 2 aliphatic rings. The van der Waals surface area contributed by atoms with E-state index in [0.29, 0.717) is 32.7 Å². The van der Waals surface area contributed by atoms with Gasteiger partial charge in [0.2, 0.25) is 0 Å². The van der Waals surface area contributed by atoms with Gasteiger partial charge in [-0.1, -0.05) is 27.7 Å². The van der Waals surface area contributed by atoms with Crippen molar-refractivity contribution in [3.8, 4) is 0 Å². The maximum atomic E-state index is 13.1. The summed E-state index contributed by atoms with van der Waals surface area (Å²) >= 11 is 7.38. The lowest BCUT2D eigenvalue weighted by atomic mass is 9.82. The fourth-order valence-corrected chi connectivity index (χ4v) is 8.56. The number of halogens is 2. The van der Waals surface area contributed by atoms with Gasteiger partial charge in [-0.25, -0.2) is 9.59 Å². The number of anilines is 2. The molecule has 2 atom stereocenters. The number of aliphatic hydroxyl groups is 2. The summed E-state index contributed by atoms with van der Waals surface area (Å²) in [5, 5.41) is 20.0. The Balaban J connectivity index is 0.000000320. The summed E-state index contributed by atoms with van der Waals surface area (Å²) in [4.78, 5) is 40.0. The second-order valence-corrected chi connectivity index (χ2v) is 21.8. The minimum absolute atomic E-state index is 0.185. The molecule has 60 heavy (non-hydrogen) atoms. The monoisotopic (exact) mass is 968 g/mol.